The summed E-state index contributed by atoms with van der Waals surface area (Å²) in [5.41, 5.74) is 1.44. The van der Waals surface area contributed by atoms with Crippen LogP contribution >= 0.6 is 0 Å². The van der Waals surface area contributed by atoms with E-state index in [-0.39, 0.29) is 0 Å². The van der Waals surface area contributed by atoms with Crippen molar-refractivity contribution in [3.8, 4) is 0 Å². The zero-order chi connectivity index (χ0) is 10.8. The molecular weight excluding hydrogens is 190 g/mol. The highest BCUT2D eigenvalue weighted by molar-refractivity contribution is 5.88. The third-order valence-corrected chi connectivity index (χ3v) is 2.78. The highest BCUT2D eigenvalue weighted by atomic mass is 16.4. The largest absolute Gasteiger partial charge is 0.478 e. The summed E-state index contributed by atoms with van der Waals surface area (Å²) < 4.78 is 0. The number of benzene rings is 1. The smallest absolute Gasteiger partial charge is 0.335 e. The second-order valence-corrected chi connectivity index (χ2v) is 4.18. The maximum absolute atomic E-state index is 10.7. The lowest BCUT2D eigenvalue weighted by Gasteiger charge is -2.18. The van der Waals surface area contributed by atoms with Gasteiger partial charge in [-0.3, -0.25) is 0 Å². The summed E-state index contributed by atoms with van der Waals surface area (Å²) in [6.45, 7) is 1.08. The van der Waals surface area contributed by atoms with Gasteiger partial charge in [0.1, 0.15) is 0 Å². The molecule has 0 spiro atoms. The summed E-state index contributed by atoms with van der Waals surface area (Å²) in [7, 11) is 2.05. The summed E-state index contributed by atoms with van der Waals surface area (Å²) in [5.74, 6) is -0.0273. The predicted octanol–water partition coefficient (Wildman–Crippen LogP) is 2.23. The standard InChI is InChI=1S/C12H15NO2/c1-13(8-9-2-3-9)11-6-4-10(5-7-11)12(14)15/h4-7,9H,2-3,8H2,1H3,(H,14,15). The Balaban J connectivity index is 2.04. The number of aromatic carboxylic acids is 1. The van der Waals surface area contributed by atoms with Crippen LogP contribution in [0.3, 0.4) is 0 Å². The van der Waals surface area contributed by atoms with E-state index in [1.54, 1.807) is 12.1 Å². The van der Waals surface area contributed by atoms with Gasteiger partial charge in [0.05, 0.1) is 5.56 Å². The summed E-state index contributed by atoms with van der Waals surface area (Å²) >= 11 is 0. The lowest BCUT2D eigenvalue weighted by atomic mass is 10.2. The van der Waals surface area contributed by atoms with Crippen LogP contribution in [0.4, 0.5) is 5.69 Å². The topological polar surface area (TPSA) is 40.5 Å². The van der Waals surface area contributed by atoms with Crippen molar-refractivity contribution in [2.75, 3.05) is 18.5 Å². The van der Waals surface area contributed by atoms with Crippen LogP contribution in [0.1, 0.15) is 23.2 Å². The van der Waals surface area contributed by atoms with Crippen molar-refractivity contribution >= 4 is 11.7 Å². The molecule has 0 heterocycles. The minimum absolute atomic E-state index is 0.346. The van der Waals surface area contributed by atoms with Gasteiger partial charge in [0, 0.05) is 19.3 Å². The molecule has 1 N–H and O–H groups in total. The van der Waals surface area contributed by atoms with Crippen LogP contribution in [0, 0.1) is 5.92 Å². The van der Waals surface area contributed by atoms with Crippen molar-refractivity contribution in [3.63, 3.8) is 0 Å². The molecule has 80 valence electrons. The van der Waals surface area contributed by atoms with Crippen molar-refractivity contribution in [2.45, 2.75) is 12.8 Å². The molecule has 1 aromatic carbocycles. The predicted molar refractivity (Wildman–Crippen MR) is 59.4 cm³/mol. The third kappa shape index (κ3) is 2.49. The third-order valence-electron chi connectivity index (χ3n) is 2.78. The SMILES string of the molecule is CN(CC1CC1)c1ccc(C(=O)O)cc1. The van der Waals surface area contributed by atoms with Crippen LogP contribution < -0.4 is 4.90 Å². The summed E-state index contributed by atoms with van der Waals surface area (Å²) in [4.78, 5) is 12.8. The Morgan fingerprint density at radius 3 is 2.47 bits per heavy atom. The fraction of sp³-hybridized carbons (Fsp3) is 0.417. The number of hydrogen-bond donors (Lipinski definition) is 1. The zero-order valence-corrected chi connectivity index (χ0v) is 8.81. The number of carboxylic acid groups (broad SMARTS) is 1. The van der Waals surface area contributed by atoms with E-state index in [0.29, 0.717) is 5.56 Å². The van der Waals surface area contributed by atoms with Crippen LogP contribution in [0.2, 0.25) is 0 Å². The molecule has 1 aromatic rings. The van der Waals surface area contributed by atoms with Gasteiger partial charge in [-0.1, -0.05) is 0 Å². The van der Waals surface area contributed by atoms with Crippen molar-refractivity contribution < 1.29 is 9.90 Å². The van der Waals surface area contributed by atoms with E-state index in [1.807, 2.05) is 19.2 Å². The highest BCUT2D eigenvalue weighted by Gasteiger charge is 2.22. The number of nitrogens with zero attached hydrogens (tertiary/aromatic N) is 1. The Bertz CT molecular complexity index is 354. The average Bonchev–Trinajstić information content (AvgIpc) is 3.02. The van der Waals surface area contributed by atoms with Crippen LogP contribution in [0.25, 0.3) is 0 Å². The Hall–Kier alpha value is -1.51. The molecule has 0 amide bonds. The minimum Gasteiger partial charge on any atom is -0.478 e. The lowest BCUT2D eigenvalue weighted by Crippen LogP contribution is -2.19. The first-order valence-corrected chi connectivity index (χ1v) is 5.21. The second kappa shape index (κ2) is 3.93. The van der Waals surface area contributed by atoms with E-state index >= 15 is 0 Å². The summed E-state index contributed by atoms with van der Waals surface area (Å²) in [6.07, 6.45) is 2.66. The molecule has 0 aromatic heterocycles. The highest BCUT2D eigenvalue weighted by Crippen LogP contribution is 2.30. The van der Waals surface area contributed by atoms with Gasteiger partial charge in [0.15, 0.2) is 0 Å². The zero-order valence-electron chi connectivity index (χ0n) is 8.81. The lowest BCUT2D eigenvalue weighted by molar-refractivity contribution is 0.0697. The van der Waals surface area contributed by atoms with E-state index < -0.39 is 5.97 Å². The van der Waals surface area contributed by atoms with Crippen molar-refractivity contribution in [2.24, 2.45) is 5.92 Å². The number of carboxylic acids is 1. The number of anilines is 1. The van der Waals surface area contributed by atoms with Gasteiger partial charge >= 0.3 is 5.97 Å². The molecule has 0 atom stereocenters. The van der Waals surface area contributed by atoms with E-state index in [4.69, 9.17) is 5.11 Å². The maximum Gasteiger partial charge on any atom is 0.335 e. The van der Waals surface area contributed by atoms with Gasteiger partial charge in [-0.25, -0.2) is 4.79 Å². The molecule has 1 saturated carbocycles. The first kappa shape index (κ1) is 10.0. The Labute approximate surface area is 89.3 Å². The fourth-order valence-corrected chi connectivity index (χ4v) is 1.65. The monoisotopic (exact) mass is 205 g/mol. The summed E-state index contributed by atoms with van der Waals surface area (Å²) in [6, 6.07) is 7.04. The van der Waals surface area contributed by atoms with Gasteiger partial charge in [-0.05, 0) is 43.0 Å². The van der Waals surface area contributed by atoms with Crippen molar-refractivity contribution in [1.29, 1.82) is 0 Å². The Morgan fingerprint density at radius 1 is 1.40 bits per heavy atom. The Kier molecular flexibility index (Phi) is 2.62. The summed E-state index contributed by atoms with van der Waals surface area (Å²) in [5, 5.41) is 8.76. The molecule has 0 saturated heterocycles. The molecule has 0 bridgehead atoms. The first-order chi connectivity index (χ1) is 7.16. The van der Waals surface area contributed by atoms with Gasteiger partial charge in [0.2, 0.25) is 0 Å². The molecule has 3 heteroatoms. The Morgan fingerprint density at radius 2 is 2.00 bits per heavy atom. The number of hydrogen-bond acceptors (Lipinski definition) is 2. The van der Waals surface area contributed by atoms with Crippen LogP contribution in [0.5, 0.6) is 0 Å². The first-order valence-electron chi connectivity index (χ1n) is 5.21. The van der Waals surface area contributed by atoms with Crippen molar-refractivity contribution in [3.05, 3.63) is 29.8 Å². The molecule has 1 aliphatic carbocycles. The van der Waals surface area contributed by atoms with Crippen LogP contribution in [0.15, 0.2) is 24.3 Å². The molecule has 0 unspecified atom stereocenters. The number of carbonyl (C=O) groups is 1. The van der Waals surface area contributed by atoms with Gasteiger partial charge in [-0.2, -0.15) is 0 Å². The minimum atomic E-state index is -0.869. The van der Waals surface area contributed by atoms with Gasteiger partial charge in [-0.15, -0.1) is 0 Å². The van der Waals surface area contributed by atoms with E-state index in [9.17, 15) is 4.79 Å². The molecule has 15 heavy (non-hydrogen) atoms. The quantitative estimate of drug-likeness (QED) is 0.819. The van der Waals surface area contributed by atoms with Crippen LogP contribution in [-0.4, -0.2) is 24.7 Å². The molecular formula is C12H15NO2. The molecule has 1 aliphatic rings. The van der Waals surface area contributed by atoms with Crippen LogP contribution in [-0.2, 0) is 0 Å². The maximum atomic E-state index is 10.7. The molecule has 1 fully saturated rings. The normalized spacial score (nSPS) is 15.0. The average molecular weight is 205 g/mol. The van der Waals surface area contributed by atoms with E-state index in [0.717, 1.165) is 18.2 Å². The van der Waals surface area contributed by atoms with Gasteiger partial charge < -0.3 is 10.0 Å². The molecule has 3 nitrogen and oxygen atoms in total. The van der Waals surface area contributed by atoms with E-state index in [1.165, 1.54) is 12.8 Å². The van der Waals surface area contributed by atoms with E-state index in [2.05, 4.69) is 4.90 Å². The molecule has 0 aliphatic heterocycles. The second-order valence-electron chi connectivity index (χ2n) is 4.18. The van der Waals surface area contributed by atoms with Gasteiger partial charge in [0.25, 0.3) is 0 Å². The molecule has 0 radical (unpaired) electrons. The molecule has 2 rings (SSSR count). The number of rotatable bonds is 4. The fourth-order valence-electron chi connectivity index (χ4n) is 1.65. The van der Waals surface area contributed by atoms with Crippen molar-refractivity contribution in [1.82, 2.24) is 0 Å².